The number of methoxy groups -OCH3 is 2. The van der Waals surface area contributed by atoms with Crippen molar-refractivity contribution in [3.05, 3.63) is 53.9 Å². The van der Waals surface area contributed by atoms with Crippen LogP contribution in [0.5, 0.6) is 11.5 Å². The first kappa shape index (κ1) is 21.8. The van der Waals surface area contributed by atoms with E-state index < -0.39 is 5.97 Å². The molecule has 2 amide bonds. The van der Waals surface area contributed by atoms with Gasteiger partial charge in [-0.3, -0.25) is 15.0 Å². The lowest BCUT2D eigenvalue weighted by Gasteiger charge is -2.27. The number of aromatic nitrogens is 2. The molecule has 4 rings (SSSR count). The van der Waals surface area contributed by atoms with Crippen LogP contribution in [-0.4, -0.2) is 42.1 Å². The van der Waals surface area contributed by atoms with Gasteiger partial charge in [-0.05, 0) is 42.5 Å². The zero-order valence-corrected chi connectivity index (χ0v) is 17.9. The van der Waals surface area contributed by atoms with Gasteiger partial charge in [0.1, 0.15) is 0 Å². The van der Waals surface area contributed by atoms with Crippen LogP contribution in [0.15, 0.2) is 47.0 Å². The van der Waals surface area contributed by atoms with E-state index in [2.05, 4.69) is 15.6 Å². The second-order valence-corrected chi connectivity index (χ2v) is 6.97. The van der Waals surface area contributed by atoms with Crippen molar-refractivity contribution in [1.82, 2.24) is 15.6 Å². The third kappa shape index (κ3) is 4.76. The minimum Gasteiger partial charge on any atom is -0.493 e. The fourth-order valence-corrected chi connectivity index (χ4v) is 3.15. The topological polar surface area (TPSA) is 133 Å². The highest BCUT2D eigenvalue weighted by molar-refractivity contribution is 6.01. The van der Waals surface area contributed by atoms with E-state index in [4.69, 9.17) is 18.7 Å². The lowest BCUT2D eigenvalue weighted by atomic mass is 10.2. The Morgan fingerprint density at radius 2 is 1.82 bits per heavy atom. The van der Waals surface area contributed by atoms with Crippen LogP contribution in [0.25, 0.3) is 11.4 Å². The van der Waals surface area contributed by atoms with E-state index in [1.54, 1.807) is 30.3 Å². The molecule has 170 valence electrons. The number of nitrogens with one attached hydrogen (secondary N) is 1. The predicted molar refractivity (Wildman–Crippen MR) is 113 cm³/mol. The molecule has 0 atom stereocenters. The number of carbonyl (C=O) groups excluding carboxylic acids is 3. The minimum atomic E-state index is -0.610. The Morgan fingerprint density at radius 3 is 2.55 bits per heavy atom. The van der Waals surface area contributed by atoms with Crippen molar-refractivity contribution in [2.45, 2.75) is 19.4 Å². The summed E-state index contributed by atoms with van der Waals surface area (Å²) in [5.74, 6) is 0.420. The molecule has 3 aromatic rings. The molecule has 1 aliphatic rings. The smallest absolute Gasteiger partial charge is 0.338 e. The molecule has 0 unspecified atom stereocenters. The van der Waals surface area contributed by atoms with E-state index in [-0.39, 0.29) is 42.7 Å². The maximum absolute atomic E-state index is 12.4. The number of nitrogens with zero attached hydrogens (tertiary/aromatic N) is 3. The number of esters is 1. The standard InChI is InChI=1S/C22H20N4O7/c1-30-16-8-5-14(11-17(16)31-2)21-23-19(33-25-21)12-32-22(29)13-3-6-15(7-4-13)26-20(28)10-9-18(27)24-26/h3-8,11H,9-10,12H2,1-2H3,(H,24,27). The Bertz CT molecular complexity index is 1190. The van der Waals surface area contributed by atoms with Crippen LogP contribution >= 0.6 is 0 Å². The number of benzene rings is 2. The molecule has 0 aliphatic carbocycles. The largest absolute Gasteiger partial charge is 0.493 e. The van der Waals surface area contributed by atoms with Gasteiger partial charge in [-0.15, -0.1) is 0 Å². The quantitative estimate of drug-likeness (QED) is 0.536. The Kier molecular flexibility index (Phi) is 6.20. The highest BCUT2D eigenvalue weighted by Crippen LogP contribution is 2.31. The summed E-state index contributed by atoms with van der Waals surface area (Å²) in [5.41, 5.74) is 3.84. The summed E-state index contributed by atoms with van der Waals surface area (Å²) in [6.45, 7) is -0.221. The summed E-state index contributed by atoms with van der Waals surface area (Å²) in [6.07, 6.45) is 0.286. The maximum atomic E-state index is 12.4. The number of hydrogen-bond donors (Lipinski definition) is 1. The molecule has 11 nitrogen and oxygen atoms in total. The van der Waals surface area contributed by atoms with Gasteiger partial charge in [0.05, 0.1) is 25.5 Å². The lowest BCUT2D eigenvalue weighted by molar-refractivity contribution is -0.130. The van der Waals surface area contributed by atoms with E-state index >= 15 is 0 Å². The van der Waals surface area contributed by atoms with Crippen LogP contribution < -0.4 is 19.9 Å². The summed E-state index contributed by atoms with van der Waals surface area (Å²) in [6, 6.07) is 11.2. The zero-order chi connectivity index (χ0) is 23.4. The Balaban J connectivity index is 1.38. The van der Waals surface area contributed by atoms with Gasteiger partial charge in [0.2, 0.25) is 17.6 Å². The van der Waals surface area contributed by atoms with Crippen molar-refractivity contribution in [1.29, 1.82) is 0 Å². The summed E-state index contributed by atoms with van der Waals surface area (Å²) < 4.78 is 20.9. The molecule has 33 heavy (non-hydrogen) atoms. The average molecular weight is 452 g/mol. The molecule has 0 radical (unpaired) electrons. The zero-order valence-electron chi connectivity index (χ0n) is 17.9. The minimum absolute atomic E-state index is 0.117. The van der Waals surface area contributed by atoms with Gasteiger partial charge in [0, 0.05) is 18.4 Å². The third-order valence-electron chi connectivity index (χ3n) is 4.85. The monoisotopic (exact) mass is 452 g/mol. The summed E-state index contributed by atoms with van der Waals surface area (Å²) in [5, 5.41) is 5.06. The average Bonchev–Trinajstić information content (AvgIpc) is 3.33. The first-order chi connectivity index (χ1) is 16.0. The molecule has 2 heterocycles. The van der Waals surface area contributed by atoms with Crippen molar-refractivity contribution in [2.75, 3.05) is 19.2 Å². The SMILES string of the molecule is COc1ccc(-c2noc(COC(=O)c3ccc(N4NC(=O)CCC4=O)cc3)n2)cc1OC. The molecule has 2 aromatic carbocycles. The van der Waals surface area contributed by atoms with Crippen LogP contribution in [0, 0.1) is 0 Å². The van der Waals surface area contributed by atoms with E-state index in [1.807, 2.05) is 0 Å². The number of hydrogen-bond acceptors (Lipinski definition) is 9. The molecular weight excluding hydrogens is 432 g/mol. The molecule has 1 N–H and O–H groups in total. The first-order valence-corrected chi connectivity index (χ1v) is 9.93. The van der Waals surface area contributed by atoms with Crippen LogP contribution in [0.2, 0.25) is 0 Å². The van der Waals surface area contributed by atoms with Gasteiger partial charge in [0.25, 0.3) is 5.89 Å². The molecule has 0 spiro atoms. The Morgan fingerprint density at radius 1 is 1.06 bits per heavy atom. The van der Waals surface area contributed by atoms with Gasteiger partial charge < -0.3 is 18.7 Å². The normalized spacial score (nSPS) is 13.5. The highest BCUT2D eigenvalue weighted by Gasteiger charge is 2.24. The van der Waals surface area contributed by atoms with E-state index in [9.17, 15) is 14.4 Å². The van der Waals surface area contributed by atoms with Gasteiger partial charge >= 0.3 is 5.97 Å². The second-order valence-electron chi connectivity index (χ2n) is 6.97. The first-order valence-electron chi connectivity index (χ1n) is 9.93. The van der Waals surface area contributed by atoms with E-state index in [0.29, 0.717) is 28.6 Å². The van der Waals surface area contributed by atoms with Crippen molar-refractivity contribution in [2.24, 2.45) is 0 Å². The van der Waals surface area contributed by atoms with Crippen LogP contribution in [-0.2, 0) is 20.9 Å². The van der Waals surface area contributed by atoms with Gasteiger partial charge in [0.15, 0.2) is 18.1 Å². The molecule has 1 aliphatic heterocycles. The van der Waals surface area contributed by atoms with Crippen molar-refractivity contribution < 1.29 is 33.1 Å². The maximum Gasteiger partial charge on any atom is 0.338 e. The van der Waals surface area contributed by atoms with E-state index in [1.165, 1.54) is 26.4 Å². The Labute approximate surface area is 188 Å². The number of rotatable bonds is 7. The molecule has 11 heteroatoms. The number of amides is 2. The van der Waals surface area contributed by atoms with E-state index in [0.717, 1.165) is 5.01 Å². The van der Waals surface area contributed by atoms with Crippen molar-refractivity contribution >= 4 is 23.5 Å². The number of anilines is 1. The van der Waals surface area contributed by atoms with Crippen molar-refractivity contribution in [3.8, 4) is 22.9 Å². The van der Waals surface area contributed by atoms with Gasteiger partial charge in [-0.1, -0.05) is 5.16 Å². The molecule has 0 bridgehead atoms. The van der Waals surface area contributed by atoms with Gasteiger partial charge in [-0.2, -0.15) is 4.98 Å². The fourth-order valence-electron chi connectivity index (χ4n) is 3.15. The lowest BCUT2D eigenvalue weighted by Crippen LogP contribution is -2.50. The van der Waals surface area contributed by atoms with Crippen LogP contribution in [0.1, 0.15) is 29.1 Å². The molecule has 0 saturated carbocycles. The number of carbonyl (C=O) groups is 3. The van der Waals surface area contributed by atoms with Crippen LogP contribution in [0.3, 0.4) is 0 Å². The van der Waals surface area contributed by atoms with Crippen molar-refractivity contribution in [3.63, 3.8) is 0 Å². The molecular formula is C22H20N4O7. The molecule has 1 aromatic heterocycles. The Hall–Kier alpha value is -4.41. The second kappa shape index (κ2) is 9.39. The van der Waals surface area contributed by atoms with Crippen LogP contribution in [0.4, 0.5) is 5.69 Å². The summed E-state index contributed by atoms with van der Waals surface area (Å²) in [7, 11) is 3.06. The summed E-state index contributed by atoms with van der Waals surface area (Å²) >= 11 is 0. The number of hydrazine groups is 1. The predicted octanol–water partition coefficient (Wildman–Crippen LogP) is 2.27. The summed E-state index contributed by atoms with van der Waals surface area (Å²) in [4.78, 5) is 40.1. The third-order valence-corrected chi connectivity index (χ3v) is 4.85. The highest BCUT2D eigenvalue weighted by atomic mass is 16.6. The molecule has 1 fully saturated rings. The number of ether oxygens (including phenoxy) is 3. The van der Waals surface area contributed by atoms with Gasteiger partial charge in [-0.25, -0.2) is 9.80 Å². The fraction of sp³-hybridized carbons (Fsp3) is 0.227. The molecule has 1 saturated heterocycles.